The SMILES string of the molecule is CCCNCC(=CC1CCCC1)C(C)C. The second kappa shape index (κ2) is 7.05. The fourth-order valence-electron chi connectivity index (χ4n) is 2.29. The molecular formula is C14H27N. The molecule has 1 aliphatic carbocycles. The van der Waals surface area contributed by atoms with Crippen LogP contribution >= 0.6 is 0 Å². The molecule has 0 amide bonds. The van der Waals surface area contributed by atoms with E-state index in [2.05, 4.69) is 32.2 Å². The van der Waals surface area contributed by atoms with Crippen molar-refractivity contribution >= 4 is 0 Å². The van der Waals surface area contributed by atoms with E-state index in [9.17, 15) is 0 Å². The summed E-state index contributed by atoms with van der Waals surface area (Å²) in [5.41, 5.74) is 1.62. The molecule has 0 heterocycles. The molecule has 0 aromatic heterocycles. The Morgan fingerprint density at radius 3 is 2.53 bits per heavy atom. The summed E-state index contributed by atoms with van der Waals surface area (Å²) >= 11 is 0. The highest BCUT2D eigenvalue weighted by Gasteiger charge is 2.14. The Kier molecular flexibility index (Phi) is 6.00. The molecule has 1 N–H and O–H groups in total. The van der Waals surface area contributed by atoms with Gasteiger partial charge < -0.3 is 5.32 Å². The molecule has 15 heavy (non-hydrogen) atoms. The Labute approximate surface area is 95.3 Å². The van der Waals surface area contributed by atoms with Crippen molar-refractivity contribution in [1.82, 2.24) is 5.32 Å². The first-order chi connectivity index (χ1) is 7.24. The Morgan fingerprint density at radius 1 is 1.33 bits per heavy atom. The van der Waals surface area contributed by atoms with Crippen LogP contribution < -0.4 is 5.32 Å². The van der Waals surface area contributed by atoms with Gasteiger partial charge in [-0.15, -0.1) is 0 Å². The lowest BCUT2D eigenvalue weighted by molar-refractivity contribution is 0.618. The molecule has 1 aliphatic rings. The highest BCUT2D eigenvalue weighted by atomic mass is 14.8. The van der Waals surface area contributed by atoms with Gasteiger partial charge in [0.1, 0.15) is 0 Å². The van der Waals surface area contributed by atoms with Crippen LogP contribution in [0.15, 0.2) is 11.6 Å². The van der Waals surface area contributed by atoms with Gasteiger partial charge in [0.2, 0.25) is 0 Å². The van der Waals surface area contributed by atoms with Gasteiger partial charge in [-0.25, -0.2) is 0 Å². The van der Waals surface area contributed by atoms with Gasteiger partial charge in [-0.3, -0.25) is 0 Å². The molecule has 0 unspecified atom stereocenters. The zero-order valence-electron chi connectivity index (χ0n) is 10.7. The summed E-state index contributed by atoms with van der Waals surface area (Å²) < 4.78 is 0. The second-order valence-electron chi connectivity index (χ2n) is 5.12. The van der Waals surface area contributed by atoms with E-state index < -0.39 is 0 Å². The minimum Gasteiger partial charge on any atom is -0.313 e. The van der Waals surface area contributed by atoms with Crippen LogP contribution in [0.3, 0.4) is 0 Å². The molecule has 1 rings (SSSR count). The van der Waals surface area contributed by atoms with Crippen molar-refractivity contribution in [2.24, 2.45) is 11.8 Å². The van der Waals surface area contributed by atoms with Crippen molar-refractivity contribution in [1.29, 1.82) is 0 Å². The van der Waals surface area contributed by atoms with Crippen LogP contribution in [0.4, 0.5) is 0 Å². The summed E-state index contributed by atoms with van der Waals surface area (Å²) in [6.07, 6.45) is 9.51. The highest BCUT2D eigenvalue weighted by molar-refractivity contribution is 5.09. The van der Waals surface area contributed by atoms with Gasteiger partial charge in [0.25, 0.3) is 0 Å². The summed E-state index contributed by atoms with van der Waals surface area (Å²) in [6.45, 7) is 9.10. The molecule has 88 valence electrons. The molecule has 0 aromatic carbocycles. The summed E-state index contributed by atoms with van der Waals surface area (Å²) in [5.74, 6) is 1.58. The van der Waals surface area contributed by atoms with Gasteiger partial charge in [-0.05, 0) is 37.6 Å². The van der Waals surface area contributed by atoms with Gasteiger partial charge in [-0.2, -0.15) is 0 Å². The van der Waals surface area contributed by atoms with Crippen molar-refractivity contribution in [3.63, 3.8) is 0 Å². The molecule has 0 spiro atoms. The quantitative estimate of drug-likeness (QED) is 0.519. The number of rotatable bonds is 6. The lowest BCUT2D eigenvalue weighted by atomic mass is 9.96. The minimum atomic E-state index is 0.704. The highest BCUT2D eigenvalue weighted by Crippen LogP contribution is 2.27. The molecule has 0 aliphatic heterocycles. The minimum absolute atomic E-state index is 0.704. The number of hydrogen-bond donors (Lipinski definition) is 1. The van der Waals surface area contributed by atoms with Crippen LogP contribution in [0.5, 0.6) is 0 Å². The maximum atomic E-state index is 3.52. The number of hydrogen-bond acceptors (Lipinski definition) is 1. The third-order valence-corrected chi connectivity index (χ3v) is 3.35. The van der Waals surface area contributed by atoms with E-state index in [0.717, 1.165) is 19.0 Å². The smallest absolute Gasteiger partial charge is 0.0167 e. The predicted molar refractivity (Wildman–Crippen MR) is 68.0 cm³/mol. The predicted octanol–water partition coefficient (Wildman–Crippen LogP) is 3.76. The molecule has 0 radical (unpaired) electrons. The standard InChI is InChI=1S/C14H27N/c1-4-9-15-11-14(12(2)3)10-13-7-5-6-8-13/h10,12-13,15H,4-9,11H2,1-3H3. The van der Waals surface area contributed by atoms with Gasteiger partial charge in [0, 0.05) is 6.54 Å². The molecule has 0 atom stereocenters. The number of allylic oxidation sites excluding steroid dienone is 1. The second-order valence-corrected chi connectivity index (χ2v) is 5.12. The first kappa shape index (κ1) is 12.8. The van der Waals surface area contributed by atoms with Crippen molar-refractivity contribution in [2.75, 3.05) is 13.1 Å². The molecule has 1 nitrogen and oxygen atoms in total. The summed E-state index contributed by atoms with van der Waals surface area (Å²) in [4.78, 5) is 0. The van der Waals surface area contributed by atoms with E-state index in [1.165, 1.54) is 32.1 Å². The van der Waals surface area contributed by atoms with Crippen molar-refractivity contribution in [3.8, 4) is 0 Å². The largest absolute Gasteiger partial charge is 0.313 e. The van der Waals surface area contributed by atoms with E-state index >= 15 is 0 Å². The molecule has 0 saturated heterocycles. The molecule has 0 bridgehead atoms. The van der Waals surface area contributed by atoms with E-state index in [-0.39, 0.29) is 0 Å². The van der Waals surface area contributed by atoms with Gasteiger partial charge >= 0.3 is 0 Å². The van der Waals surface area contributed by atoms with E-state index in [4.69, 9.17) is 0 Å². The van der Waals surface area contributed by atoms with Crippen LogP contribution in [0.2, 0.25) is 0 Å². The van der Waals surface area contributed by atoms with Gasteiger partial charge in [0.05, 0.1) is 0 Å². The van der Waals surface area contributed by atoms with Crippen LogP contribution in [-0.2, 0) is 0 Å². The van der Waals surface area contributed by atoms with Crippen molar-refractivity contribution in [2.45, 2.75) is 52.9 Å². The molecule has 1 fully saturated rings. The first-order valence-corrected chi connectivity index (χ1v) is 6.65. The lowest BCUT2D eigenvalue weighted by Gasteiger charge is -2.15. The van der Waals surface area contributed by atoms with E-state index in [0.29, 0.717) is 5.92 Å². The Balaban J connectivity index is 2.40. The monoisotopic (exact) mass is 209 g/mol. The van der Waals surface area contributed by atoms with E-state index in [1.54, 1.807) is 5.57 Å². The summed E-state index contributed by atoms with van der Waals surface area (Å²) in [5, 5.41) is 3.52. The van der Waals surface area contributed by atoms with Gasteiger partial charge in [-0.1, -0.05) is 45.3 Å². The van der Waals surface area contributed by atoms with E-state index in [1.807, 2.05) is 0 Å². The lowest BCUT2D eigenvalue weighted by Crippen LogP contribution is -2.20. The average Bonchev–Trinajstić information content (AvgIpc) is 2.69. The van der Waals surface area contributed by atoms with Crippen LogP contribution in [-0.4, -0.2) is 13.1 Å². The molecular weight excluding hydrogens is 182 g/mol. The van der Waals surface area contributed by atoms with Crippen molar-refractivity contribution in [3.05, 3.63) is 11.6 Å². The number of nitrogens with one attached hydrogen (secondary N) is 1. The summed E-state index contributed by atoms with van der Waals surface area (Å²) in [7, 11) is 0. The molecule has 0 aromatic rings. The molecule has 1 saturated carbocycles. The third-order valence-electron chi connectivity index (χ3n) is 3.35. The fraction of sp³-hybridized carbons (Fsp3) is 0.857. The van der Waals surface area contributed by atoms with Gasteiger partial charge in [0.15, 0.2) is 0 Å². The zero-order valence-corrected chi connectivity index (χ0v) is 10.7. The average molecular weight is 209 g/mol. The Hall–Kier alpha value is -0.300. The van der Waals surface area contributed by atoms with Crippen LogP contribution in [0.1, 0.15) is 52.9 Å². The molecule has 1 heteroatoms. The Morgan fingerprint density at radius 2 is 2.00 bits per heavy atom. The Bertz CT molecular complexity index is 188. The van der Waals surface area contributed by atoms with Crippen LogP contribution in [0, 0.1) is 11.8 Å². The fourth-order valence-corrected chi connectivity index (χ4v) is 2.29. The van der Waals surface area contributed by atoms with Crippen LogP contribution in [0.25, 0.3) is 0 Å². The maximum absolute atomic E-state index is 3.52. The third kappa shape index (κ3) is 4.83. The topological polar surface area (TPSA) is 12.0 Å². The summed E-state index contributed by atoms with van der Waals surface area (Å²) in [6, 6.07) is 0. The van der Waals surface area contributed by atoms with Crippen molar-refractivity contribution < 1.29 is 0 Å². The first-order valence-electron chi connectivity index (χ1n) is 6.65. The normalized spacial score (nSPS) is 19.1. The maximum Gasteiger partial charge on any atom is 0.0167 e. The zero-order chi connectivity index (χ0) is 11.1.